The van der Waals surface area contributed by atoms with Gasteiger partial charge in [-0.3, -0.25) is 9.89 Å². The maximum Gasteiger partial charge on any atom is 0.191 e. The second kappa shape index (κ2) is 13.9. The lowest BCUT2D eigenvalue weighted by molar-refractivity contribution is 0.178. The Morgan fingerprint density at radius 1 is 1.10 bits per heavy atom. The van der Waals surface area contributed by atoms with Crippen molar-refractivity contribution in [2.24, 2.45) is 4.99 Å². The molecule has 0 heterocycles. The van der Waals surface area contributed by atoms with E-state index >= 15 is 0 Å². The first-order valence-corrected chi connectivity index (χ1v) is 7.22. The minimum absolute atomic E-state index is 0. The van der Waals surface area contributed by atoms with Crippen LogP contribution in [0.2, 0.25) is 0 Å². The van der Waals surface area contributed by atoms with Crippen LogP contribution < -0.4 is 10.6 Å². The number of rotatable bonds is 9. The van der Waals surface area contributed by atoms with Crippen LogP contribution in [0.25, 0.3) is 0 Å². The van der Waals surface area contributed by atoms with Crippen molar-refractivity contribution in [1.82, 2.24) is 15.5 Å². The van der Waals surface area contributed by atoms with Gasteiger partial charge in [0.25, 0.3) is 0 Å². The molecule has 0 bridgehead atoms. The minimum atomic E-state index is 0. The smallest absolute Gasteiger partial charge is 0.191 e. The molecular formula is C14H33IN4O. The van der Waals surface area contributed by atoms with Gasteiger partial charge in [-0.15, -0.1) is 24.0 Å². The number of guanidine groups is 1. The molecule has 2 N–H and O–H groups in total. The molecule has 0 aliphatic rings. The lowest BCUT2D eigenvalue weighted by Gasteiger charge is -2.30. The Labute approximate surface area is 141 Å². The third-order valence-corrected chi connectivity index (χ3v) is 3.03. The van der Waals surface area contributed by atoms with Crippen molar-refractivity contribution in [1.29, 1.82) is 0 Å². The number of nitrogens with zero attached hydrogens (tertiary/aromatic N) is 2. The fraction of sp³-hybridized carbons (Fsp3) is 0.929. The molecule has 0 aromatic rings. The van der Waals surface area contributed by atoms with Crippen molar-refractivity contribution in [3.05, 3.63) is 0 Å². The summed E-state index contributed by atoms with van der Waals surface area (Å²) in [6.45, 7) is 12.5. The standard InChI is InChI=1S/C14H32N4O.HI/c1-12(2)18(13(3)4)10-9-17-14(15-5)16-8-7-11-19-6;/h12-13H,7-11H2,1-6H3,(H2,15,16,17);1H. The van der Waals surface area contributed by atoms with Gasteiger partial charge < -0.3 is 15.4 Å². The Balaban J connectivity index is 0. The lowest BCUT2D eigenvalue weighted by Crippen LogP contribution is -2.45. The zero-order valence-electron chi connectivity index (χ0n) is 13.9. The fourth-order valence-electron chi connectivity index (χ4n) is 2.06. The summed E-state index contributed by atoms with van der Waals surface area (Å²) < 4.78 is 5.02. The van der Waals surface area contributed by atoms with Crippen LogP contribution >= 0.6 is 24.0 Å². The second-order valence-electron chi connectivity index (χ2n) is 5.20. The molecule has 0 amide bonds. The largest absolute Gasteiger partial charge is 0.385 e. The van der Waals surface area contributed by atoms with Crippen LogP contribution in [0.5, 0.6) is 0 Å². The molecule has 0 aromatic carbocycles. The highest BCUT2D eigenvalue weighted by Gasteiger charge is 2.12. The molecule has 0 fully saturated rings. The first kappa shape index (κ1) is 22.2. The highest BCUT2D eigenvalue weighted by atomic mass is 127. The molecule has 0 atom stereocenters. The van der Waals surface area contributed by atoms with Gasteiger partial charge in [0.2, 0.25) is 0 Å². The van der Waals surface area contributed by atoms with Crippen LogP contribution in [0, 0.1) is 0 Å². The molecule has 0 aliphatic carbocycles. The lowest BCUT2D eigenvalue weighted by atomic mass is 10.2. The SMILES string of the molecule is CN=C(NCCCOC)NCCN(C(C)C)C(C)C.I. The summed E-state index contributed by atoms with van der Waals surface area (Å²) in [6, 6.07) is 1.14. The average molecular weight is 400 g/mol. The Bertz CT molecular complexity index is 239. The van der Waals surface area contributed by atoms with Crippen molar-refractivity contribution in [2.75, 3.05) is 40.4 Å². The first-order valence-electron chi connectivity index (χ1n) is 7.22. The second-order valence-corrected chi connectivity index (χ2v) is 5.20. The molecule has 6 heteroatoms. The van der Waals surface area contributed by atoms with Gasteiger partial charge in [-0.25, -0.2) is 0 Å². The summed E-state index contributed by atoms with van der Waals surface area (Å²) in [5.41, 5.74) is 0. The highest BCUT2D eigenvalue weighted by Crippen LogP contribution is 2.03. The van der Waals surface area contributed by atoms with Crippen molar-refractivity contribution >= 4 is 29.9 Å². The third kappa shape index (κ3) is 10.7. The van der Waals surface area contributed by atoms with Gasteiger partial charge >= 0.3 is 0 Å². The topological polar surface area (TPSA) is 48.9 Å². The number of halogens is 1. The molecule has 122 valence electrons. The number of methoxy groups -OCH3 is 1. The quantitative estimate of drug-likeness (QED) is 0.269. The molecule has 0 spiro atoms. The zero-order valence-corrected chi connectivity index (χ0v) is 16.2. The molecular weight excluding hydrogens is 367 g/mol. The van der Waals surface area contributed by atoms with E-state index in [9.17, 15) is 0 Å². The van der Waals surface area contributed by atoms with E-state index in [1.165, 1.54) is 0 Å². The Kier molecular flexibility index (Phi) is 15.4. The Morgan fingerprint density at radius 3 is 2.10 bits per heavy atom. The van der Waals surface area contributed by atoms with E-state index in [-0.39, 0.29) is 24.0 Å². The van der Waals surface area contributed by atoms with Crippen molar-refractivity contribution < 1.29 is 4.74 Å². The van der Waals surface area contributed by atoms with Gasteiger partial charge in [-0.2, -0.15) is 0 Å². The molecule has 0 aromatic heterocycles. The van der Waals surface area contributed by atoms with E-state index in [2.05, 4.69) is 48.2 Å². The molecule has 0 saturated heterocycles. The van der Waals surface area contributed by atoms with E-state index in [0.717, 1.165) is 38.6 Å². The molecule has 0 rings (SSSR count). The van der Waals surface area contributed by atoms with Crippen molar-refractivity contribution in [2.45, 2.75) is 46.2 Å². The van der Waals surface area contributed by atoms with E-state index in [1.54, 1.807) is 14.2 Å². The summed E-state index contributed by atoms with van der Waals surface area (Å²) in [4.78, 5) is 6.67. The summed E-state index contributed by atoms with van der Waals surface area (Å²) in [5, 5.41) is 6.62. The maximum absolute atomic E-state index is 5.02. The summed E-state index contributed by atoms with van der Waals surface area (Å²) in [7, 11) is 3.52. The van der Waals surface area contributed by atoms with Gasteiger partial charge in [0.15, 0.2) is 5.96 Å². The third-order valence-electron chi connectivity index (χ3n) is 3.03. The summed E-state index contributed by atoms with van der Waals surface area (Å²) in [5.74, 6) is 0.864. The summed E-state index contributed by atoms with van der Waals surface area (Å²) >= 11 is 0. The number of hydrogen-bond donors (Lipinski definition) is 2. The number of aliphatic imine (C=N–C) groups is 1. The maximum atomic E-state index is 5.02. The Hall–Kier alpha value is -0.0800. The number of hydrogen-bond acceptors (Lipinski definition) is 3. The van der Waals surface area contributed by atoms with Gasteiger partial charge in [-0.1, -0.05) is 0 Å². The van der Waals surface area contributed by atoms with Gasteiger partial charge in [0.1, 0.15) is 0 Å². The molecule has 5 nitrogen and oxygen atoms in total. The van der Waals surface area contributed by atoms with Crippen LogP contribution in [0.15, 0.2) is 4.99 Å². The van der Waals surface area contributed by atoms with E-state index in [1.807, 2.05) is 0 Å². The van der Waals surface area contributed by atoms with Crippen LogP contribution in [0.1, 0.15) is 34.1 Å². The minimum Gasteiger partial charge on any atom is -0.385 e. The van der Waals surface area contributed by atoms with Gasteiger partial charge in [-0.05, 0) is 34.1 Å². The number of ether oxygens (including phenoxy) is 1. The van der Waals surface area contributed by atoms with Crippen molar-refractivity contribution in [3.63, 3.8) is 0 Å². The first-order chi connectivity index (χ1) is 9.02. The highest BCUT2D eigenvalue weighted by molar-refractivity contribution is 14.0. The molecule has 0 radical (unpaired) electrons. The van der Waals surface area contributed by atoms with Gasteiger partial charge in [0, 0.05) is 52.5 Å². The predicted octanol–water partition coefficient (Wildman–Crippen LogP) is 1.92. The van der Waals surface area contributed by atoms with Crippen LogP contribution in [0.3, 0.4) is 0 Å². The van der Waals surface area contributed by atoms with E-state index in [0.29, 0.717) is 12.1 Å². The monoisotopic (exact) mass is 400 g/mol. The van der Waals surface area contributed by atoms with Gasteiger partial charge in [0.05, 0.1) is 0 Å². The number of nitrogens with one attached hydrogen (secondary N) is 2. The normalized spacial score (nSPS) is 11.9. The average Bonchev–Trinajstić information content (AvgIpc) is 2.36. The summed E-state index contributed by atoms with van der Waals surface area (Å²) in [6.07, 6.45) is 0.987. The Morgan fingerprint density at radius 2 is 1.65 bits per heavy atom. The van der Waals surface area contributed by atoms with Crippen molar-refractivity contribution in [3.8, 4) is 0 Å². The molecule has 0 unspecified atom stereocenters. The zero-order chi connectivity index (χ0) is 14.7. The van der Waals surface area contributed by atoms with Crippen LogP contribution in [0.4, 0.5) is 0 Å². The van der Waals surface area contributed by atoms with E-state index < -0.39 is 0 Å². The van der Waals surface area contributed by atoms with Crippen LogP contribution in [-0.2, 0) is 4.74 Å². The molecule has 0 aliphatic heterocycles. The molecule has 20 heavy (non-hydrogen) atoms. The predicted molar refractivity (Wildman–Crippen MR) is 98.3 cm³/mol. The fourth-order valence-corrected chi connectivity index (χ4v) is 2.06. The van der Waals surface area contributed by atoms with E-state index in [4.69, 9.17) is 4.74 Å². The molecule has 0 saturated carbocycles. The van der Waals surface area contributed by atoms with Crippen LogP contribution in [-0.4, -0.2) is 63.3 Å².